The fourth-order valence-corrected chi connectivity index (χ4v) is 6.13. The van der Waals surface area contributed by atoms with Gasteiger partial charge >= 0.3 is 0 Å². The zero-order valence-corrected chi connectivity index (χ0v) is 19.1. The Balaban J connectivity index is 1.60. The summed E-state index contributed by atoms with van der Waals surface area (Å²) in [4.78, 5) is 16.5. The molecular formula is C22H36N3O3S+. The Morgan fingerprint density at radius 2 is 1.72 bits per heavy atom. The minimum Gasteiger partial charge on any atom is -0.338 e. The SMILES string of the molecule is Cc1ccc(S(=O)(=O)N2CC[NH+]([C@H](C)C(=O)N(C)C3CCCCC3)CC2)cc1C. The molecule has 0 spiro atoms. The molecule has 1 amide bonds. The standard InChI is InChI=1S/C22H35N3O3S/c1-17-10-11-21(16-18(17)2)29(27,28)25-14-12-24(13-15-25)19(3)22(26)23(4)20-8-6-5-7-9-20/h10-11,16,19-20H,5-9,12-15H2,1-4H3/p+1/t19-/m1/s1. The van der Waals surface area contributed by atoms with Crippen LogP contribution in [0, 0.1) is 13.8 Å². The van der Waals surface area contributed by atoms with E-state index < -0.39 is 10.0 Å². The van der Waals surface area contributed by atoms with Crippen LogP contribution in [-0.4, -0.2) is 68.8 Å². The van der Waals surface area contributed by atoms with Gasteiger partial charge in [0.15, 0.2) is 6.04 Å². The molecule has 0 bridgehead atoms. The quantitative estimate of drug-likeness (QED) is 0.780. The van der Waals surface area contributed by atoms with Crippen molar-refractivity contribution < 1.29 is 18.1 Å². The zero-order chi connectivity index (χ0) is 21.2. The highest BCUT2D eigenvalue weighted by molar-refractivity contribution is 7.89. The number of carbonyl (C=O) groups is 1. The highest BCUT2D eigenvalue weighted by Crippen LogP contribution is 2.22. The Morgan fingerprint density at radius 1 is 1.10 bits per heavy atom. The normalized spacial score (nSPS) is 21.1. The summed E-state index contributed by atoms with van der Waals surface area (Å²) < 4.78 is 27.6. The van der Waals surface area contributed by atoms with Gasteiger partial charge < -0.3 is 9.80 Å². The molecule has 1 aliphatic carbocycles. The number of rotatable bonds is 5. The van der Waals surface area contributed by atoms with Gasteiger partial charge in [-0.25, -0.2) is 8.42 Å². The average Bonchev–Trinajstić information content (AvgIpc) is 2.74. The first-order valence-corrected chi connectivity index (χ1v) is 12.3. The second-order valence-corrected chi connectivity index (χ2v) is 10.7. The van der Waals surface area contributed by atoms with Crippen molar-refractivity contribution in [1.29, 1.82) is 0 Å². The smallest absolute Gasteiger partial charge is 0.280 e. The summed E-state index contributed by atoms with van der Waals surface area (Å²) in [5.41, 5.74) is 2.08. The van der Waals surface area contributed by atoms with Crippen LogP contribution < -0.4 is 4.90 Å². The number of aryl methyl sites for hydroxylation is 2. The first-order valence-electron chi connectivity index (χ1n) is 10.9. The maximum absolute atomic E-state index is 13.0. The molecule has 1 aliphatic heterocycles. The minimum atomic E-state index is -3.48. The van der Waals surface area contributed by atoms with Crippen molar-refractivity contribution in [1.82, 2.24) is 9.21 Å². The molecule has 0 radical (unpaired) electrons. The van der Waals surface area contributed by atoms with E-state index in [2.05, 4.69) is 0 Å². The molecule has 7 heteroatoms. The van der Waals surface area contributed by atoms with Crippen molar-refractivity contribution in [3.05, 3.63) is 29.3 Å². The molecule has 2 fully saturated rings. The lowest BCUT2D eigenvalue weighted by Crippen LogP contribution is -3.19. The lowest BCUT2D eigenvalue weighted by molar-refractivity contribution is -0.918. The largest absolute Gasteiger partial charge is 0.338 e. The third-order valence-electron chi connectivity index (χ3n) is 6.93. The van der Waals surface area contributed by atoms with Crippen LogP contribution in [0.25, 0.3) is 0 Å². The molecule has 162 valence electrons. The van der Waals surface area contributed by atoms with Crippen LogP contribution in [0.4, 0.5) is 0 Å². The van der Waals surface area contributed by atoms with Gasteiger partial charge in [-0.2, -0.15) is 4.31 Å². The first kappa shape index (κ1) is 22.2. The summed E-state index contributed by atoms with van der Waals surface area (Å²) in [5, 5.41) is 0. The van der Waals surface area contributed by atoms with E-state index >= 15 is 0 Å². The number of nitrogens with zero attached hydrogens (tertiary/aromatic N) is 2. The van der Waals surface area contributed by atoms with Gasteiger partial charge in [-0.05, 0) is 56.9 Å². The van der Waals surface area contributed by atoms with E-state index in [9.17, 15) is 13.2 Å². The van der Waals surface area contributed by atoms with E-state index in [-0.39, 0.29) is 11.9 Å². The number of nitrogens with one attached hydrogen (secondary N) is 1. The van der Waals surface area contributed by atoms with Crippen LogP contribution >= 0.6 is 0 Å². The van der Waals surface area contributed by atoms with E-state index in [1.165, 1.54) is 24.2 Å². The van der Waals surface area contributed by atoms with Crippen LogP contribution in [0.1, 0.15) is 50.2 Å². The third kappa shape index (κ3) is 4.84. The van der Waals surface area contributed by atoms with Gasteiger partial charge in [0.2, 0.25) is 10.0 Å². The molecular weight excluding hydrogens is 386 g/mol. The van der Waals surface area contributed by atoms with Crippen molar-refractivity contribution in [2.45, 2.75) is 69.9 Å². The van der Waals surface area contributed by atoms with Gasteiger partial charge in [0.1, 0.15) is 0 Å². The lowest BCUT2D eigenvalue weighted by atomic mass is 9.94. The summed E-state index contributed by atoms with van der Waals surface area (Å²) in [6.45, 7) is 8.14. The van der Waals surface area contributed by atoms with Crippen LogP contribution in [0.15, 0.2) is 23.1 Å². The third-order valence-corrected chi connectivity index (χ3v) is 8.83. The highest BCUT2D eigenvalue weighted by atomic mass is 32.2. The maximum atomic E-state index is 13.0. The average molecular weight is 423 g/mol. The maximum Gasteiger partial charge on any atom is 0.280 e. The number of likely N-dealkylation sites (N-methyl/N-ethyl adjacent to an activating group) is 1. The van der Waals surface area contributed by atoms with Crippen molar-refractivity contribution in [3.8, 4) is 0 Å². The molecule has 0 unspecified atom stereocenters. The predicted molar refractivity (Wildman–Crippen MR) is 114 cm³/mol. The van der Waals surface area contributed by atoms with E-state index in [1.54, 1.807) is 16.4 Å². The second-order valence-electron chi connectivity index (χ2n) is 8.77. The number of benzene rings is 1. The number of carbonyl (C=O) groups excluding carboxylic acids is 1. The number of hydrogen-bond donors (Lipinski definition) is 1. The number of amides is 1. The fourth-order valence-electron chi connectivity index (χ4n) is 4.60. The number of piperazine rings is 1. The summed E-state index contributed by atoms with van der Waals surface area (Å²) in [6, 6.07) is 5.56. The Kier molecular flexibility index (Phi) is 7.02. The molecule has 1 aromatic rings. The van der Waals surface area contributed by atoms with Gasteiger partial charge in [0.25, 0.3) is 5.91 Å². The highest BCUT2D eigenvalue weighted by Gasteiger charge is 2.36. The Morgan fingerprint density at radius 3 is 2.31 bits per heavy atom. The van der Waals surface area contributed by atoms with Crippen LogP contribution in [0.3, 0.4) is 0 Å². The Hall–Kier alpha value is -1.44. The van der Waals surface area contributed by atoms with Crippen LogP contribution in [-0.2, 0) is 14.8 Å². The molecule has 1 N–H and O–H groups in total. The molecule has 1 saturated carbocycles. The minimum absolute atomic E-state index is 0.131. The molecule has 0 aromatic heterocycles. The molecule has 1 aromatic carbocycles. The van der Waals surface area contributed by atoms with Gasteiger partial charge in [-0.15, -0.1) is 0 Å². The fraction of sp³-hybridized carbons (Fsp3) is 0.682. The monoisotopic (exact) mass is 422 g/mol. The van der Waals surface area contributed by atoms with Crippen molar-refractivity contribution in [3.63, 3.8) is 0 Å². The molecule has 6 nitrogen and oxygen atoms in total. The first-order chi connectivity index (χ1) is 13.7. The van der Waals surface area contributed by atoms with Gasteiger partial charge in [-0.1, -0.05) is 25.3 Å². The molecule has 1 heterocycles. The number of hydrogen-bond acceptors (Lipinski definition) is 3. The van der Waals surface area contributed by atoms with Gasteiger partial charge in [-0.3, -0.25) is 4.79 Å². The zero-order valence-electron chi connectivity index (χ0n) is 18.3. The molecule has 29 heavy (non-hydrogen) atoms. The summed E-state index contributed by atoms with van der Waals surface area (Å²) >= 11 is 0. The summed E-state index contributed by atoms with van der Waals surface area (Å²) in [7, 11) is -1.54. The molecule has 3 rings (SSSR count). The van der Waals surface area contributed by atoms with Crippen molar-refractivity contribution in [2.24, 2.45) is 0 Å². The topological polar surface area (TPSA) is 62.1 Å². The van der Waals surface area contributed by atoms with Crippen molar-refractivity contribution in [2.75, 3.05) is 33.2 Å². The van der Waals surface area contributed by atoms with Gasteiger partial charge in [0, 0.05) is 13.1 Å². The number of quaternary nitrogens is 1. The predicted octanol–water partition coefficient (Wildman–Crippen LogP) is 1.37. The van der Waals surface area contributed by atoms with E-state index in [1.807, 2.05) is 38.8 Å². The van der Waals surface area contributed by atoms with E-state index in [4.69, 9.17) is 0 Å². The Labute approximate surface area is 175 Å². The van der Waals surface area contributed by atoms with E-state index in [0.717, 1.165) is 24.0 Å². The Bertz CT molecular complexity index is 826. The molecule has 1 atom stereocenters. The summed E-state index contributed by atoms with van der Waals surface area (Å²) in [5.74, 6) is 0.192. The lowest BCUT2D eigenvalue weighted by Gasteiger charge is -2.37. The van der Waals surface area contributed by atoms with E-state index in [0.29, 0.717) is 37.1 Å². The van der Waals surface area contributed by atoms with Crippen molar-refractivity contribution >= 4 is 15.9 Å². The van der Waals surface area contributed by atoms with Gasteiger partial charge in [0.05, 0.1) is 31.1 Å². The van der Waals surface area contributed by atoms with Crippen LogP contribution in [0.5, 0.6) is 0 Å². The molecule has 1 saturated heterocycles. The summed E-state index contributed by atoms with van der Waals surface area (Å²) in [6.07, 6.45) is 5.89. The molecule has 2 aliphatic rings. The second kappa shape index (κ2) is 9.14. The van der Waals surface area contributed by atoms with Crippen LogP contribution in [0.2, 0.25) is 0 Å². The number of sulfonamides is 1.